The van der Waals surface area contributed by atoms with Gasteiger partial charge in [0, 0.05) is 43.3 Å². The molecule has 0 unspecified atom stereocenters. The van der Waals surface area contributed by atoms with Crippen molar-refractivity contribution in [3.05, 3.63) is 63.9 Å². The third kappa shape index (κ3) is 4.41. The van der Waals surface area contributed by atoms with Gasteiger partial charge in [-0.15, -0.1) is 0 Å². The lowest BCUT2D eigenvalue weighted by molar-refractivity contribution is -0.115. The van der Waals surface area contributed by atoms with E-state index in [0.29, 0.717) is 32.3 Å². The van der Waals surface area contributed by atoms with Crippen LogP contribution in [0.1, 0.15) is 12.5 Å². The average Bonchev–Trinajstić information content (AvgIpc) is 3.15. The van der Waals surface area contributed by atoms with Gasteiger partial charge in [0.2, 0.25) is 0 Å². The minimum absolute atomic E-state index is 0.292. The molecule has 0 atom stereocenters. The Kier molecular flexibility index (Phi) is 6.29. The van der Waals surface area contributed by atoms with Crippen LogP contribution in [0, 0.1) is 5.82 Å². The minimum atomic E-state index is -0.419. The van der Waals surface area contributed by atoms with E-state index in [1.54, 1.807) is 12.3 Å². The number of likely N-dealkylation sites (N-methyl/N-ethyl adjacent to an activating group) is 1. The summed E-state index contributed by atoms with van der Waals surface area (Å²) in [6.07, 6.45) is 3.21. The number of fused-ring (bicyclic) bond motifs is 1. The van der Waals surface area contributed by atoms with E-state index >= 15 is 4.39 Å². The maximum atomic E-state index is 15.3. The van der Waals surface area contributed by atoms with Crippen LogP contribution in [0.15, 0.2) is 47.5 Å². The topological polar surface area (TPSA) is 65.5 Å². The van der Waals surface area contributed by atoms with Crippen LogP contribution in [-0.4, -0.2) is 53.8 Å². The number of thioether (sulfide) groups is 1. The third-order valence-electron chi connectivity index (χ3n) is 6.18. The maximum Gasteiger partial charge on any atom is 0.290 e. The number of aromatic nitrogens is 1. The molecule has 9 heteroatoms. The first-order chi connectivity index (χ1) is 16.4. The van der Waals surface area contributed by atoms with Crippen LogP contribution < -0.4 is 10.2 Å². The van der Waals surface area contributed by atoms with Crippen molar-refractivity contribution in [1.82, 2.24) is 15.2 Å². The van der Waals surface area contributed by atoms with Gasteiger partial charge in [0.1, 0.15) is 5.82 Å². The van der Waals surface area contributed by atoms with Gasteiger partial charge >= 0.3 is 0 Å². The van der Waals surface area contributed by atoms with Crippen LogP contribution in [-0.2, 0) is 4.79 Å². The molecule has 1 N–H and O–H groups in total. The van der Waals surface area contributed by atoms with E-state index in [9.17, 15) is 9.59 Å². The zero-order chi connectivity index (χ0) is 23.8. The van der Waals surface area contributed by atoms with Crippen LogP contribution in [0.25, 0.3) is 28.1 Å². The number of carbonyl (C=O) groups is 2. The highest BCUT2D eigenvalue weighted by atomic mass is 35.5. The number of imide groups is 1. The Balaban J connectivity index is 1.52. The van der Waals surface area contributed by atoms with Gasteiger partial charge in [0.15, 0.2) is 0 Å². The van der Waals surface area contributed by atoms with E-state index in [0.717, 1.165) is 55.4 Å². The highest BCUT2D eigenvalue weighted by Crippen LogP contribution is 2.37. The lowest BCUT2D eigenvalue weighted by atomic mass is 9.98. The zero-order valence-electron chi connectivity index (χ0n) is 18.5. The Morgan fingerprint density at radius 2 is 1.94 bits per heavy atom. The number of nitrogens with one attached hydrogen (secondary N) is 1. The summed E-state index contributed by atoms with van der Waals surface area (Å²) in [5, 5.41) is 3.00. The number of pyridine rings is 1. The molecule has 3 heterocycles. The second kappa shape index (κ2) is 9.37. The van der Waals surface area contributed by atoms with Crippen LogP contribution >= 0.6 is 23.4 Å². The van der Waals surface area contributed by atoms with Gasteiger partial charge in [-0.3, -0.25) is 19.9 Å². The molecule has 0 bridgehead atoms. The normalized spacial score (nSPS) is 18.2. The van der Waals surface area contributed by atoms with Gasteiger partial charge in [-0.25, -0.2) is 4.39 Å². The summed E-state index contributed by atoms with van der Waals surface area (Å²) in [4.78, 5) is 32.5. The van der Waals surface area contributed by atoms with E-state index in [2.05, 4.69) is 27.0 Å². The fraction of sp³-hybridized carbons (Fsp3) is 0.240. The van der Waals surface area contributed by atoms with Crippen molar-refractivity contribution < 1.29 is 14.0 Å². The van der Waals surface area contributed by atoms with E-state index in [-0.39, 0.29) is 5.82 Å². The molecule has 2 saturated heterocycles. The van der Waals surface area contributed by atoms with E-state index < -0.39 is 11.1 Å². The Morgan fingerprint density at radius 1 is 1.15 bits per heavy atom. The van der Waals surface area contributed by atoms with Crippen molar-refractivity contribution >= 4 is 57.2 Å². The second-order valence-corrected chi connectivity index (χ2v) is 9.62. The molecule has 2 amide bonds. The quantitative estimate of drug-likeness (QED) is 0.503. The van der Waals surface area contributed by atoms with Gasteiger partial charge in [0.05, 0.1) is 21.1 Å². The zero-order valence-corrected chi connectivity index (χ0v) is 20.0. The smallest absolute Gasteiger partial charge is 0.290 e. The standard InChI is InChI=1S/C25H22ClFN4O2S/c1-2-30-7-9-31(10-8-30)21-6-4-16(13-19(21)27)23-17-11-15(3-5-20(17)28-14-18(23)26)12-22-24(32)29-25(33)34-22/h3-6,11-14H,2,7-10H2,1H3,(H,29,32,33). The van der Waals surface area contributed by atoms with Crippen molar-refractivity contribution in [1.29, 1.82) is 0 Å². The molecule has 0 saturated carbocycles. The second-order valence-electron chi connectivity index (χ2n) is 8.20. The number of anilines is 1. The Labute approximate surface area is 205 Å². The average molecular weight is 497 g/mol. The van der Waals surface area contributed by atoms with Gasteiger partial charge in [0.25, 0.3) is 11.1 Å². The van der Waals surface area contributed by atoms with E-state index in [1.165, 1.54) is 6.07 Å². The molecule has 1 aromatic heterocycles. The molecule has 6 nitrogen and oxygen atoms in total. The Hall–Kier alpha value is -2.94. The fourth-order valence-electron chi connectivity index (χ4n) is 4.37. The molecule has 0 radical (unpaired) electrons. The molecule has 2 aromatic carbocycles. The molecule has 0 aliphatic carbocycles. The molecule has 2 aliphatic heterocycles. The van der Waals surface area contributed by atoms with Gasteiger partial charge in [-0.05, 0) is 59.8 Å². The molecular formula is C25H22ClFN4O2S. The first-order valence-electron chi connectivity index (χ1n) is 11.0. The summed E-state index contributed by atoms with van der Waals surface area (Å²) in [5.41, 5.74) is 3.33. The fourth-order valence-corrected chi connectivity index (χ4v) is 5.31. The van der Waals surface area contributed by atoms with Crippen molar-refractivity contribution in [3.63, 3.8) is 0 Å². The summed E-state index contributed by atoms with van der Waals surface area (Å²) >= 11 is 7.41. The Bertz CT molecular complexity index is 1340. The summed E-state index contributed by atoms with van der Waals surface area (Å²) < 4.78 is 15.3. The van der Waals surface area contributed by atoms with Crippen molar-refractivity contribution in [3.8, 4) is 11.1 Å². The monoisotopic (exact) mass is 496 g/mol. The number of carbonyl (C=O) groups excluding carboxylic acids is 2. The molecular weight excluding hydrogens is 475 g/mol. The lowest BCUT2D eigenvalue weighted by Crippen LogP contribution is -2.46. The summed E-state index contributed by atoms with van der Waals surface area (Å²) in [7, 11) is 0. The number of nitrogens with zero attached hydrogens (tertiary/aromatic N) is 3. The lowest BCUT2D eigenvalue weighted by Gasteiger charge is -2.35. The highest BCUT2D eigenvalue weighted by Gasteiger charge is 2.25. The van der Waals surface area contributed by atoms with Crippen molar-refractivity contribution in [2.45, 2.75) is 6.92 Å². The predicted molar refractivity (Wildman–Crippen MR) is 136 cm³/mol. The molecule has 0 spiro atoms. The number of hydrogen-bond donors (Lipinski definition) is 1. The number of hydrogen-bond acceptors (Lipinski definition) is 6. The van der Waals surface area contributed by atoms with E-state index in [1.807, 2.05) is 30.3 Å². The highest BCUT2D eigenvalue weighted by molar-refractivity contribution is 8.18. The largest absolute Gasteiger partial charge is 0.367 e. The number of amides is 2. The molecule has 2 fully saturated rings. The van der Waals surface area contributed by atoms with Crippen LogP contribution in [0.4, 0.5) is 14.9 Å². The molecule has 5 rings (SSSR count). The number of halogens is 2. The van der Waals surface area contributed by atoms with Gasteiger partial charge < -0.3 is 9.80 Å². The first-order valence-corrected chi connectivity index (χ1v) is 12.2. The molecule has 174 valence electrons. The molecule has 34 heavy (non-hydrogen) atoms. The number of rotatable bonds is 4. The third-order valence-corrected chi connectivity index (χ3v) is 7.28. The first kappa shape index (κ1) is 22.8. The summed E-state index contributed by atoms with van der Waals surface area (Å²) in [6, 6.07) is 10.7. The number of benzene rings is 2. The van der Waals surface area contributed by atoms with Gasteiger partial charge in [-0.2, -0.15) is 0 Å². The summed E-state index contributed by atoms with van der Waals surface area (Å²) in [6.45, 7) is 6.54. The Morgan fingerprint density at radius 3 is 2.62 bits per heavy atom. The van der Waals surface area contributed by atoms with E-state index in [4.69, 9.17) is 11.6 Å². The van der Waals surface area contributed by atoms with Crippen LogP contribution in [0.3, 0.4) is 0 Å². The van der Waals surface area contributed by atoms with Crippen LogP contribution in [0.2, 0.25) is 5.02 Å². The SMILES string of the molecule is CCN1CCN(c2ccc(-c3c(Cl)cnc4ccc(C=C5SC(=O)NC5=O)cc34)cc2F)CC1. The maximum absolute atomic E-state index is 15.3. The summed E-state index contributed by atoms with van der Waals surface area (Å²) in [5.74, 6) is -0.712. The van der Waals surface area contributed by atoms with Gasteiger partial charge in [-0.1, -0.05) is 30.7 Å². The molecule has 3 aromatic rings. The minimum Gasteiger partial charge on any atom is -0.367 e. The van der Waals surface area contributed by atoms with Crippen molar-refractivity contribution in [2.75, 3.05) is 37.6 Å². The molecule has 2 aliphatic rings. The van der Waals surface area contributed by atoms with Crippen LogP contribution in [0.5, 0.6) is 0 Å². The number of piperazine rings is 1. The van der Waals surface area contributed by atoms with Crippen molar-refractivity contribution in [2.24, 2.45) is 0 Å². The predicted octanol–water partition coefficient (Wildman–Crippen LogP) is 5.16.